The number of quaternary nitrogens is 1. The molecule has 0 amide bonds. The van der Waals surface area contributed by atoms with Gasteiger partial charge in [-0.2, -0.15) is 0 Å². The van der Waals surface area contributed by atoms with Crippen molar-refractivity contribution >= 4 is 0 Å². The fourth-order valence-corrected chi connectivity index (χ4v) is 5.02. The van der Waals surface area contributed by atoms with Gasteiger partial charge in [-0.1, -0.05) is 42.5 Å². The first-order chi connectivity index (χ1) is 13.3. The second kappa shape index (κ2) is 10.9. The van der Waals surface area contributed by atoms with Gasteiger partial charge in [0.15, 0.2) is 0 Å². The van der Waals surface area contributed by atoms with Crippen LogP contribution < -0.4 is 4.74 Å². The quantitative estimate of drug-likeness (QED) is 0.523. The zero-order valence-electron chi connectivity index (χ0n) is 17.2. The molecule has 28 heavy (non-hydrogen) atoms. The third-order valence-electron chi connectivity index (χ3n) is 6.55. The molecule has 1 radical (unpaired) electrons. The van der Waals surface area contributed by atoms with E-state index in [9.17, 15) is 0 Å². The van der Waals surface area contributed by atoms with Crippen LogP contribution in [0.4, 0.5) is 0 Å². The van der Waals surface area contributed by atoms with Crippen molar-refractivity contribution in [1.82, 2.24) is 0 Å². The second-order valence-corrected chi connectivity index (χ2v) is 8.52. The molecule has 3 heteroatoms. The van der Waals surface area contributed by atoms with Gasteiger partial charge in [0, 0.05) is 38.3 Å². The number of ether oxygens (including phenoxy) is 1. The van der Waals surface area contributed by atoms with Gasteiger partial charge < -0.3 is 9.22 Å². The molecule has 147 valence electrons. The molecule has 1 fully saturated rings. The minimum atomic E-state index is 0. The Morgan fingerprint density at radius 1 is 0.750 bits per heavy atom. The standard InChI is InChI=1S/C25H34NO.Y/c1-2-9-18-26(17-8-1,21-22-11-4-3-5-12-22)19-20-27-25-16-10-14-23-13-6-7-15-24(23)25;/h3-5,10-12,14,16H,1-2,6-9,13,15,17-21H2;/q+1;. The van der Waals surface area contributed by atoms with Crippen LogP contribution in [0.3, 0.4) is 0 Å². The average Bonchev–Trinajstić information content (AvgIpc) is 2.95. The summed E-state index contributed by atoms with van der Waals surface area (Å²) >= 11 is 0. The van der Waals surface area contributed by atoms with Gasteiger partial charge in [-0.25, -0.2) is 0 Å². The maximum atomic E-state index is 6.40. The fourth-order valence-electron chi connectivity index (χ4n) is 5.02. The number of nitrogens with zero attached hydrogens (tertiary/aromatic N) is 1. The predicted octanol–water partition coefficient (Wildman–Crippen LogP) is 5.53. The van der Waals surface area contributed by atoms with Crippen LogP contribution in [0, 0.1) is 0 Å². The van der Waals surface area contributed by atoms with Crippen LogP contribution in [0.2, 0.25) is 0 Å². The average molecular weight is 453 g/mol. The molecule has 0 bridgehead atoms. The Morgan fingerprint density at radius 2 is 1.50 bits per heavy atom. The number of aryl methyl sites for hydroxylation is 1. The zero-order valence-corrected chi connectivity index (χ0v) is 20.1. The predicted molar refractivity (Wildman–Crippen MR) is 112 cm³/mol. The van der Waals surface area contributed by atoms with Crippen LogP contribution in [0.5, 0.6) is 5.75 Å². The number of benzene rings is 2. The molecule has 2 aromatic carbocycles. The molecule has 2 aromatic rings. The molecule has 0 aromatic heterocycles. The molecule has 2 nitrogen and oxygen atoms in total. The first-order valence-electron chi connectivity index (χ1n) is 11.0. The summed E-state index contributed by atoms with van der Waals surface area (Å²) in [5, 5.41) is 0. The number of rotatable bonds is 6. The van der Waals surface area contributed by atoms with Gasteiger partial charge >= 0.3 is 0 Å². The SMILES string of the molecule is [Y].c1ccc(C[N+]2(CCOc3cccc4c3CCCC4)CCCCCC2)cc1. The number of likely N-dealkylation sites (tertiary alicyclic amines) is 1. The van der Waals surface area contributed by atoms with E-state index in [1.165, 1.54) is 85.6 Å². The van der Waals surface area contributed by atoms with Crippen molar-refractivity contribution in [1.29, 1.82) is 0 Å². The summed E-state index contributed by atoms with van der Waals surface area (Å²) in [6.45, 7) is 5.70. The van der Waals surface area contributed by atoms with Crippen molar-refractivity contribution in [3.63, 3.8) is 0 Å². The first-order valence-corrected chi connectivity index (χ1v) is 11.0. The molecule has 0 saturated carbocycles. The van der Waals surface area contributed by atoms with Crippen molar-refractivity contribution in [2.24, 2.45) is 0 Å². The Labute approximate surface area is 196 Å². The largest absolute Gasteiger partial charge is 0.487 e. The molecule has 0 spiro atoms. The van der Waals surface area contributed by atoms with E-state index in [0.29, 0.717) is 0 Å². The maximum absolute atomic E-state index is 6.40. The molecule has 0 unspecified atom stereocenters. The number of hydrogen-bond acceptors (Lipinski definition) is 1. The molecule has 0 N–H and O–H groups in total. The minimum absolute atomic E-state index is 0. The molecule has 0 atom stereocenters. The van der Waals surface area contributed by atoms with Gasteiger partial charge in [-0.05, 0) is 68.6 Å². The van der Waals surface area contributed by atoms with E-state index in [2.05, 4.69) is 48.5 Å². The summed E-state index contributed by atoms with van der Waals surface area (Å²) in [7, 11) is 0. The Kier molecular flexibility index (Phi) is 8.57. The molecule has 1 aliphatic heterocycles. The van der Waals surface area contributed by atoms with Crippen LogP contribution in [0.1, 0.15) is 55.2 Å². The van der Waals surface area contributed by atoms with Gasteiger partial charge in [0.2, 0.25) is 0 Å². The topological polar surface area (TPSA) is 9.23 Å². The Hall–Kier alpha value is -0.696. The summed E-state index contributed by atoms with van der Waals surface area (Å²) in [5.74, 6) is 1.15. The fraction of sp³-hybridized carbons (Fsp3) is 0.520. The van der Waals surface area contributed by atoms with Crippen LogP contribution in [0.15, 0.2) is 48.5 Å². The van der Waals surface area contributed by atoms with E-state index < -0.39 is 0 Å². The molecule has 4 rings (SSSR count). The number of fused-ring (bicyclic) bond motifs is 1. The Bertz CT molecular complexity index is 723. The third kappa shape index (κ3) is 5.68. The van der Waals surface area contributed by atoms with Gasteiger partial charge in [-0.15, -0.1) is 0 Å². The molecular formula is C25H34NOY+. The van der Waals surface area contributed by atoms with Crippen LogP contribution in [-0.2, 0) is 52.1 Å². The summed E-state index contributed by atoms with van der Waals surface area (Å²) < 4.78 is 7.59. The molecule has 1 saturated heterocycles. The normalized spacial score (nSPS) is 18.4. The Balaban J connectivity index is 0.00000225. The van der Waals surface area contributed by atoms with Crippen molar-refractivity contribution in [3.05, 3.63) is 65.2 Å². The smallest absolute Gasteiger partial charge is 0.137 e. The van der Waals surface area contributed by atoms with Crippen molar-refractivity contribution in [2.45, 2.75) is 57.9 Å². The van der Waals surface area contributed by atoms with Gasteiger partial charge in [0.05, 0.1) is 13.1 Å². The third-order valence-corrected chi connectivity index (χ3v) is 6.55. The van der Waals surface area contributed by atoms with E-state index in [1.54, 1.807) is 0 Å². The molecular weight excluding hydrogens is 419 g/mol. The van der Waals surface area contributed by atoms with E-state index in [4.69, 9.17) is 4.74 Å². The van der Waals surface area contributed by atoms with Gasteiger partial charge in [0.1, 0.15) is 25.4 Å². The van der Waals surface area contributed by atoms with Gasteiger partial charge in [0.25, 0.3) is 0 Å². The second-order valence-electron chi connectivity index (χ2n) is 8.52. The van der Waals surface area contributed by atoms with E-state index in [1.807, 2.05) is 0 Å². The van der Waals surface area contributed by atoms with E-state index >= 15 is 0 Å². The molecule has 2 aliphatic rings. The maximum Gasteiger partial charge on any atom is 0.137 e. The van der Waals surface area contributed by atoms with Crippen LogP contribution >= 0.6 is 0 Å². The van der Waals surface area contributed by atoms with Gasteiger partial charge in [-0.3, -0.25) is 0 Å². The van der Waals surface area contributed by atoms with E-state index in [-0.39, 0.29) is 32.7 Å². The summed E-state index contributed by atoms with van der Waals surface area (Å²) in [4.78, 5) is 0. The van der Waals surface area contributed by atoms with Crippen LogP contribution in [0.25, 0.3) is 0 Å². The molecule has 1 aliphatic carbocycles. The van der Waals surface area contributed by atoms with Crippen molar-refractivity contribution in [3.8, 4) is 5.75 Å². The van der Waals surface area contributed by atoms with Crippen molar-refractivity contribution in [2.75, 3.05) is 26.2 Å². The monoisotopic (exact) mass is 453 g/mol. The summed E-state index contributed by atoms with van der Waals surface area (Å²) in [5.41, 5.74) is 4.47. The zero-order chi connectivity index (χ0) is 18.4. The summed E-state index contributed by atoms with van der Waals surface area (Å²) in [6, 6.07) is 17.7. The summed E-state index contributed by atoms with van der Waals surface area (Å²) in [6.07, 6.45) is 10.5. The van der Waals surface area contributed by atoms with Crippen LogP contribution in [-0.4, -0.2) is 30.7 Å². The van der Waals surface area contributed by atoms with E-state index in [0.717, 1.165) is 25.4 Å². The number of hydrogen-bond donors (Lipinski definition) is 0. The Morgan fingerprint density at radius 3 is 2.29 bits per heavy atom. The molecule has 1 heterocycles. The first kappa shape index (κ1) is 22.0. The minimum Gasteiger partial charge on any atom is -0.487 e. The van der Waals surface area contributed by atoms with Crippen molar-refractivity contribution < 1.29 is 41.9 Å².